The second-order valence-corrected chi connectivity index (χ2v) is 8.38. The molecule has 0 atom stereocenters. The van der Waals surface area contributed by atoms with Gasteiger partial charge in [0.15, 0.2) is 0 Å². The van der Waals surface area contributed by atoms with Crippen LogP contribution in [0.1, 0.15) is 63.4 Å². The molecule has 0 saturated heterocycles. The van der Waals surface area contributed by atoms with Crippen LogP contribution in [0.3, 0.4) is 0 Å². The summed E-state index contributed by atoms with van der Waals surface area (Å²) in [4.78, 5) is 17.1. The van der Waals surface area contributed by atoms with Crippen molar-refractivity contribution < 1.29 is 0 Å². The summed E-state index contributed by atoms with van der Waals surface area (Å²) in [6.07, 6.45) is 7.60. The lowest BCUT2D eigenvalue weighted by Crippen LogP contribution is -2.15. The molecule has 0 aliphatic carbocycles. The second kappa shape index (κ2) is 10.0. The highest BCUT2D eigenvalue weighted by molar-refractivity contribution is 7.16. The molecule has 0 bridgehead atoms. The minimum Gasteiger partial charge on any atom is -0.369 e. The molecule has 7 heteroatoms. The number of aromatic nitrogens is 3. The molecule has 2 aromatic rings. The topological polar surface area (TPSA) is 53.9 Å². The molecule has 0 saturated carbocycles. The molecule has 0 aliphatic rings. The first-order valence-corrected chi connectivity index (χ1v) is 10.7. The zero-order valence-corrected chi connectivity index (χ0v) is 18.7. The van der Waals surface area contributed by atoms with Crippen molar-refractivity contribution in [2.75, 3.05) is 30.9 Å². The maximum Gasteiger partial charge on any atom is 0.228 e. The number of allylic oxidation sites excluding steroid dienone is 1. The van der Waals surface area contributed by atoms with E-state index in [1.807, 2.05) is 32.0 Å². The van der Waals surface area contributed by atoms with E-state index in [0.29, 0.717) is 17.0 Å². The average molecular weight is 408 g/mol. The number of halogens is 1. The van der Waals surface area contributed by atoms with Crippen molar-refractivity contribution >= 4 is 40.8 Å². The van der Waals surface area contributed by atoms with E-state index in [2.05, 4.69) is 37.1 Å². The molecule has 0 unspecified atom stereocenters. The summed E-state index contributed by atoms with van der Waals surface area (Å²) in [5.41, 5.74) is 1.87. The van der Waals surface area contributed by atoms with E-state index in [9.17, 15) is 0 Å². The zero-order valence-electron chi connectivity index (χ0n) is 17.1. The molecule has 5 nitrogen and oxygen atoms in total. The van der Waals surface area contributed by atoms with Gasteiger partial charge in [-0.05, 0) is 25.3 Å². The monoisotopic (exact) mass is 407 g/mol. The van der Waals surface area contributed by atoms with Crippen molar-refractivity contribution in [3.63, 3.8) is 0 Å². The average Bonchev–Trinajstić information content (AvgIpc) is 3.02. The lowest BCUT2D eigenvalue weighted by Gasteiger charge is -2.16. The van der Waals surface area contributed by atoms with E-state index in [-0.39, 0.29) is 0 Å². The minimum atomic E-state index is 0.336. The van der Waals surface area contributed by atoms with Gasteiger partial charge in [0.25, 0.3) is 0 Å². The predicted octanol–water partition coefficient (Wildman–Crippen LogP) is 6.08. The van der Waals surface area contributed by atoms with Crippen LogP contribution in [0, 0.1) is 0 Å². The molecule has 1 N–H and O–H groups in total. The fourth-order valence-corrected chi connectivity index (χ4v) is 4.20. The smallest absolute Gasteiger partial charge is 0.228 e. The number of anilines is 2. The molecule has 0 amide bonds. The summed E-state index contributed by atoms with van der Waals surface area (Å²) in [6, 6.07) is 0. The van der Waals surface area contributed by atoms with Gasteiger partial charge in [0.05, 0.1) is 16.1 Å². The Morgan fingerprint density at radius 3 is 2.52 bits per heavy atom. The third kappa shape index (κ3) is 5.42. The Morgan fingerprint density at radius 2 is 1.93 bits per heavy atom. The lowest BCUT2D eigenvalue weighted by molar-refractivity contribution is 0.742. The van der Waals surface area contributed by atoms with Crippen LogP contribution in [0.5, 0.6) is 0 Å². The Balaban J connectivity index is 2.52. The van der Waals surface area contributed by atoms with Crippen molar-refractivity contribution in [2.24, 2.45) is 0 Å². The van der Waals surface area contributed by atoms with Crippen molar-refractivity contribution in [2.45, 2.75) is 52.9 Å². The van der Waals surface area contributed by atoms with E-state index >= 15 is 0 Å². The lowest BCUT2D eigenvalue weighted by atomic mass is 10.1. The van der Waals surface area contributed by atoms with E-state index in [0.717, 1.165) is 39.9 Å². The number of nitrogens with one attached hydrogen (secondary N) is 1. The summed E-state index contributed by atoms with van der Waals surface area (Å²) in [5, 5.41) is 4.75. The van der Waals surface area contributed by atoms with Crippen LogP contribution in [0.15, 0.2) is 6.08 Å². The number of thiazole rings is 1. The van der Waals surface area contributed by atoms with Gasteiger partial charge in [-0.3, -0.25) is 0 Å². The molecule has 27 heavy (non-hydrogen) atoms. The van der Waals surface area contributed by atoms with E-state index < -0.39 is 0 Å². The quantitative estimate of drug-likeness (QED) is 0.403. The summed E-state index contributed by atoms with van der Waals surface area (Å²) in [6.45, 7) is 9.38. The number of rotatable bonds is 9. The van der Waals surface area contributed by atoms with Crippen LogP contribution >= 0.6 is 22.9 Å². The highest BCUT2D eigenvalue weighted by Crippen LogP contribution is 2.39. The maximum absolute atomic E-state index is 6.60. The molecule has 0 radical (unpaired) electrons. The van der Waals surface area contributed by atoms with Crippen molar-refractivity contribution in [1.82, 2.24) is 15.0 Å². The van der Waals surface area contributed by atoms with Crippen molar-refractivity contribution in [3.05, 3.63) is 21.8 Å². The number of hydrogen-bond acceptors (Lipinski definition) is 6. The van der Waals surface area contributed by atoms with Gasteiger partial charge in [0.1, 0.15) is 16.0 Å². The van der Waals surface area contributed by atoms with Crippen LogP contribution in [0.4, 0.5) is 11.8 Å². The molecule has 2 rings (SSSR count). The van der Waals surface area contributed by atoms with Gasteiger partial charge in [0.2, 0.25) is 5.95 Å². The van der Waals surface area contributed by atoms with Gasteiger partial charge in [-0.25, -0.2) is 9.97 Å². The first-order valence-electron chi connectivity index (χ1n) is 9.51. The summed E-state index contributed by atoms with van der Waals surface area (Å²) in [5.74, 6) is 1.69. The Bertz CT molecular complexity index is 783. The van der Waals surface area contributed by atoms with Gasteiger partial charge in [-0.15, -0.1) is 11.3 Å². The molecule has 0 aliphatic heterocycles. The zero-order chi connectivity index (χ0) is 20.0. The third-order valence-corrected chi connectivity index (χ3v) is 5.41. The third-order valence-electron chi connectivity index (χ3n) is 4.09. The van der Waals surface area contributed by atoms with Gasteiger partial charge < -0.3 is 10.2 Å². The summed E-state index contributed by atoms with van der Waals surface area (Å²) >= 11 is 8.24. The molecule has 148 valence electrons. The molecule has 0 aromatic carbocycles. The van der Waals surface area contributed by atoms with Gasteiger partial charge in [-0.2, -0.15) is 4.98 Å². The van der Waals surface area contributed by atoms with Gasteiger partial charge in [-0.1, -0.05) is 51.3 Å². The van der Waals surface area contributed by atoms with Crippen LogP contribution in [0.2, 0.25) is 5.15 Å². The Labute approximate surface area is 171 Å². The molecule has 0 fully saturated rings. The predicted molar refractivity (Wildman–Crippen MR) is 119 cm³/mol. The van der Waals surface area contributed by atoms with Crippen molar-refractivity contribution in [1.29, 1.82) is 0 Å². The Kier molecular flexibility index (Phi) is 8.05. The summed E-state index contributed by atoms with van der Waals surface area (Å²) < 4.78 is 0. The molecule has 0 spiro atoms. The van der Waals surface area contributed by atoms with Crippen LogP contribution in [-0.2, 0) is 0 Å². The first-order chi connectivity index (χ1) is 12.9. The fraction of sp³-hybridized carbons (Fsp3) is 0.550. The minimum absolute atomic E-state index is 0.336. The Morgan fingerprint density at radius 1 is 1.19 bits per heavy atom. The second-order valence-electron chi connectivity index (χ2n) is 6.99. The van der Waals surface area contributed by atoms with Gasteiger partial charge >= 0.3 is 0 Å². The molecule has 2 heterocycles. The van der Waals surface area contributed by atoms with Gasteiger partial charge in [0, 0.05) is 20.6 Å². The van der Waals surface area contributed by atoms with Crippen LogP contribution in [-0.4, -0.2) is 35.6 Å². The molecular weight excluding hydrogens is 378 g/mol. The first kappa shape index (κ1) is 21.6. The number of hydrogen-bond donors (Lipinski definition) is 1. The largest absolute Gasteiger partial charge is 0.369 e. The van der Waals surface area contributed by atoms with Crippen LogP contribution < -0.4 is 10.2 Å². The molecular formula is C20H30ClN5S. The highest BCUT2D eigenvalue weighted by atomic mass is 35.5. The summed E-state index contributed by atoms with van der Waals surface area (Å²) in [7, 11) is 3.83. The number of unbranched alkanes of at least 4 members (excludes halogenated alkanes) is 2. The van der Waals surface area contributed by atoms with Crippen molar-refractivity contribution in [3.8, 4) is 10.6 Å². The SMILES string of the molecule is C/C=C\c1sc(-c2c(Cl)nc(N(C)C)nc2NCCCCC)nc1C(C)C. The van der Waals surface area contributed by atoms with E-state index in [4.69, 9.17) is 21.6 Å². The van der Waals surface area contributed by atoms with E-state index in [1.54, 1.807) is 11.3 Å². The Hall–Kier alpha value is -1.66. The van der Waals surface area contributed by atoms with Crippen LogP contribution in [0.25, 0.3) is 16.6 Å². The van der Waals surface area contributed by atoms with E-state index in [1.165, 1.54) is 12.8 Å². The molecule has 2 aromatic heterocycles. The fourth-order valence-electron chi connectivity index (χ4n) is 2.66. The standard InChI is InChI=1S/C20H30ClN5S/c1-7-9-10-12-22-18-15(17(21)24-20(25-18)26(5)6)19-23-16(13(3)4)14(27-19)11-8-2/h8,11,13H,7,9-10,12H2,1-6H3,(H,22,24,25)/b11-8-. The normalized spacial score (nSPS) is 11.6. The highest BCUT2D eigenvalue weighted by Gasteiger charge is 2.21. The maximum atomic E-state index is 6.60. The number of nitrogens with zero attached hydrogens (tertiary/aromatic N) is 4.